The summed E-state index contributed by atoms with van der Waals surface area (Å²) in [7, 11) is 0. The number of fused-ring (bicyclic) bond motifs is 1. The standard InChI is InChI=1S/C21H17N3O2/c1-14-9-11-15(12-10-14)13-19-23-24-21(26-19)22-20(25)18-8-4-6-16-5-2-3-7-17(16)18/h2-12H,13H2,1H3,(H,22,24,25). The van der Waals surface area contributed by atoms with Crippen molar-refractivity contribution in [1.82, 2.24) is 10.2 Å². The van der Waals surface area contributed by atoms with Gasteiger partial charge in [0.2, 0.25) is 5.89 Å². The van der Waals surface area contributed by atoms with Gasteiger partial charge in [0.1, 0.15) is 0 Å². The van der Waals surface area contributed by atoms with Gasteiger partial charge in [-0.15, -0.1) is 5.10 Å². The summed E-state index contributed by atoms with van der Waals surface area (Å²) in [5.41, 5.74) is 2.84. The van der Waals surface area contributed by atoms with Gasteiger partial charge in [0.25, 0.3) is 5.91 Å². The Labute approximate surface area is 150 Å². The lowest BCUT2D eigenvalue weighted by Gasteiger charge is -2.05. The first-order valence-corrected chi connectivity index (χ1v) is 8.36. The van der Waals surface area contributed by atoms with Gasteiger partial charge in [-0.3, -0.25) is 10.1 Å². The van der Waals surface area contributed by atoms with Crippen LogP contribution in [0.25, 0.3) is 10.8 Å². The molecule has 0 aliphatic carbocycles. The summed E-state index contributed by atoms with van der Waals surface area (Å²) >= 11 is 0. The highest BCUT2D eigenvalue weighted by molar-refractivity contribution is 6.12. The quantitative estimate of drug-likeness (QED) is 0.597. The van der Waals surface area contributed by atoms with Crippen LogP contribution in [0, 0.1) is 6.92 Å². The highest BCUT2D eigenvalue weighted by atomic mass is 16.4. The molecule has 4 rings (SSSR count). The molecule has 0 aliphatic heterocycles. The Bertz CT molecular complexity index is 1060. The summed E-state index contributed by atoms with van der Waals surface area (Å²) < 4.78 is 5.57. The molecule has 0 aliphatic rings. The fourth-order valence-corrected chi connectivity index (χ4v) is 2.84. The highest BCUT2D eigenvalue weighted by Gasteiger charge is 2.14. The van der Waals surface area contributed by atoms with Crippen LogP contribution in [-0.4, -0.2) is 16.1 Å². The molecule has 0 unspecified atom stereocenters. The first kappa shape index (κ1) is 16.0. The van der Waals surface area contributed by atoms with E-state index in [1.807, 2.05) is 67.6 Å². The van der Waals surface area contributed by atoms with Crippen molar-refractivity contribution in [3.8, 4) is 0 Å². The van der Waals surface area contributed by atoms with Gasteiger partial charge in [0.15, 0.2) is 0 Å². The average Bonchev–Trinajstić information content (AvgIpc) is 3.10. The monoisotopic (exact) mass is 343 g/mol. The van der Waals surface area contributed by atoms with Crippen LogP contribution in [-0.2, 0) is 6.42 Å². The number of anilines is 1. The Morgan fingerprint density at radius 1 is 0.962 bits per heavy atom. The second kappa shape index (κ2) is 6.80. The molecule has 1 N–H and O–H groups in total. The molecule has 5 heteroatoms. The summed E-state index contributed by atoms with van der Waals surface area (Å²) in [6, 6.07) is 21.6. The van der Waals surface area contributed by atoms with Gasteiger partial charge < -0.3 is 4.42 Å². The lowest BCUT2D eigenvalue weighted by molar-refractivity contribution is 0.102. The fourth-order valence-electron chi connectivity index (χ4n) is 2.84. The van der Waals surface area contributed by atoms with E-state index in [0.29, 0.717) is 17.9 Å². The Kier molecular flexibility index (Phi) is 4.19. The minimum atomic E-state index is -0.271. The molecule has 26 heavy (non-hydrogen) atoms. The van der Waals surface area contributed by atoms with E-state index in [2.05, 4.69) is 15.5 Å². The van der Waals surface area contributed by atoms with E-state index < -0.39 is 0 Å². The predicted molar refractivity (Wildman–Crippen MR) is 100 cm³/mol. The summed E-state index contributed by atoms with van der Waals surface area (Å²) in [5, 5.41) is 12.5. The largest absolute Gasteiger partial charge is 0.407 e. The van der Waals surface area contributed by atoms with Crippen molar-refractivity contribution in [2.24, 2.45) is 0 Å². The normalized spacial score (nSPS) is 10.8. The highest BCUT2D eigenvalue weighted by Crippen LogP contribution is 2.20. The molecule has 1 heterocycles. The maximum Gasteiger partial charge on any atom is 0.322 e. The number of benzene rings is 3. The van der Waals surface area contributed by atoms with E-state index in [-0.39, 0.29) is 11.9 Å². The van der Waals surface area contributed by atoms with E-state index in [0.717, 1.165) is 16.3 Å². The molecule has 0 radical (unpaired) electrons. The molecule has 1 aromatic heterocycles. The fraction of sp³-hybridized carbons (Fsp3) is 0.0952. The summed E-state index contributed by atoms with van der Waals surface area (Å²) in [5.74, 6) is 0.189. The molecule has 128 valence electrons. The minimum Gasteiger partial charge on any atom is -0.407 e. The van der Waals surface area contributed by atoms with Crippen molar-refractivity contribution in [2.45, 2.75) is 13.3 Å². The number of carbonyl (C=O) groups excluding carboxylic acids is 1. The molecule has 0 bridgehead atoms. The maximum absolute atomic E-state index is 12.6. The molecule has 3 aromatic carbocycles. The van der Waals surface area contributed by atoms with Crippen LogP contribution >= 0.6 is 0 Å². The summed E-state index contributed by atoms with van der Waals surface area (Å²) in [6.07, 6.45) is 0.525. The number of amides is 1. The molecule has 0 fully saturated rings. The van der Waals surface area contributed by atoms with Crippen molar-refractivity contribution in [3.05, 3.63) is 89.3 Å². The first-order valence-electron chi connectivity index (χ1n) is 8.36. The van der Waals surface area contributed by atoms with Crippen LogP contribution in [0.15, 0.2) is 71.1 Å². The van der Waals surface area contributed by atoms with Gasteiger partial charge in [0.05, 0.1) is 6.42 Å². The van der Waals surface area contributed by atoms with E-state index >= 15 is 0 Å². The second-order valence-electron chi connectivity index (χ2n) is 6.14. The van der Waals surface area contributed by atoms with Gasteiger partial charge in [-0.05, 0) is 29.3 Å². The molecule has 5 nitrogen and oxygen atoms in total. The zero-order valence-corrected chi connectivity index (χ0v) is 14.3. The SMILES string of the molecule is Cc1ccc(Cc2nnc(NC(=O)c3cccc4ccccc34)o2)cc1. The van der Waals surface area contributed by atoms with Crippen LogP contribution in [0.2, 0.25) is 0 Å². The maximum atomic E-state index is 12.6. The van der Waals surface area contributed by atoms with Crippen LogP contribution in [0.5, 0.6) is 0 Å². The van der Waals surface area contributed by atoms with Crippen LogP contribution in [0.1, 0.15) is 27.4 Å². The predicted octanol–water partition coefficient (Wildman–Crippen LogP) is 4.37. The third kappa shape index (κ3) is 3.32. The van der Waals surface area contributed by atoms with Gasteiger partial charge in [0, 0.05) is 5.56 Å². The number of hydrogen-bond acceptors (Lipinski definition) is 4. The Morgan fingerprint density at radius 2 is 1.73 bits per heavy atom. The zero-order valence-electron chi connectivity index (χ0n) is 14.3. The molecular formula is C21H17N3O2. The number of nitrogens with zero attached hydrogens (tertiary/aromatic N) is 2. The van der Waals surface area contributed by atoms with Crippen molar-refractivity contribution >= 4 is 22.7 Å². The molecule has 1 amide bonds. The van der Waals surface area contributed by atoms with Crippen molar-refractivity contribution < 1.29 is 9.21 Å². The van der Waals surface area contributed by atoms with Gasteiger partial charge in [-0.2, -0.15) is 0 Å². The number of hydrogen-bond donors (Lipinski definition) is 1. The van der Waals surface area contributed by atoms with E-state index in [1.165, 1.54) is 5.56 Å². The summed E-state index contributed by atoms with van der Waals surface area (Å²) in [6.45, 7) is 2.04. The second-order valence-corrected chi connectivity index (χ2v) is 6.14. The van der Waals surface area contributed by atoms with Gasteiger partial charge in [-0.1, -0.05) is 71.3 Å². The Morgan fingerprint density at radius 3 is 2.58 bits per heavy atom. The van der Waals surface area contributed by atoms with E-state index in [4.69, 9.17) is 4.42 Å². The van der Waals surface area contributed by atoms with Crippen LogP contribution < -0.4 is 5.32 Å². The number of aryl methyl sites for hydroxylation is 1. The van der Waals surface area contributed by atoms with Gasteiger partial charge in [-0.25, -0.2) is 0 Å². The van der Waals surface area contributed by atoms with E-state index in [1.54, 1.807) is 6.07 Å². The average molecular weight is 343 g/mol. The Hall–Kier alpha value is -3.47. The zero-order chi connectivity index (χ0) is 17.9. The summed E-state index contributed by atoms with van der Waals surface area (Å²) in [4.78, 5) is 12.6. The lowest BCUT2D eigenvalue weighted by Crippen LogP contribution is -2.12. The van der Waals surface area contributed by atoms with Crippen LogP contribution in [0.4, 0.5) is 6.01 Å². The number of aromatic nitrogens is 2. The molecule has 0 saturated heterocycles. The van der Waals surface area contributed by atoms with Crippen molar-refractivity contribution in [1.29, 1.82) is 0 Å². The topological polar surface area (TPSA) is 68.0 Å². The molecule has 4 aromatic rings. The minimum absolute atomic E-state index is 0.102. The molecule has 0 spiro atoms. The third-order valence-corrected chi connectivity index (χ3v) is 4.20. The van der Waals surface area contributed by atoms with E-state index in [9.17, 15) is 4.79 Å². The number of carbonyl (C=O) groups is 1. The molecule has 0 saturated carbocycles. The molecule has 0 atom stereocenters. The number of rotatable bonds is 4. The van der Waals surface area contributed by atoms with Gasteiger partial charge >= 0.3 is 6.01 Å². The first-order chi connectivity index (χ1) is 12.7. The Balaban J connectivity index is 1.51. The van der Waals surface area contributed by atoms with Crippen LogP contribution in [0.3, 0.4) is 0 Å². The smallest absolute Gasteiger partial charge is 0.322 e. The molecular weight excluding hydrogens is 326 g/mol. The van der Waals surface area contributed by atoms with Crippen molar-refractivity contribution in [2.75, 3.05) is 5.32 Å². The third-order valence-electron chi connectivity index (χ3n) is 4.20. The number of nitrogens with one attached hydrogen (secondary N) is 1. The van der Waals surface area contributed by atoms with Crippen molar-refractivity contribution in [3.63, 3.8) is 0 Å². The lowest BCUT2D eigenvalue weighted by atomic mass is 10.0.